The van der Waals surface area contributed by atoms with Gasteiger partial charge in [0.2, 0.25) is 5.91 Å². The van der Waals surface area contributed by atoms with Crippen LogP contribution < -0.4 is 32.3 Å². The smallest absolute Gasteiger partial charge is 0.470 e. The molecular weight excluding hydrogens is 529 g/mol. The lowest BCUT2D eigenvalue weighted by Crippen LogP contribution is -2.80. The molecule has 1 saturated carbocycles. The van der Waals surface area contributed by atoms with Crippen molar-refractivity contribution < 1.29 is 48.6 Å². The minimum absolute atomic E-state index is 0.0459. The number of hydrogen-bond donors (Lipinski definition) is 11. The molecule has 6 atom stereocenters. The first-order valence-electron chi connectivity index (χ1n) is 12.5. The third-order valence-corrected chi connectivity index (χ3v) is 7.63. The molecule has 0 spiro atoms. The fourth-order valence-electron chi connectivity index (χ4n) is 5.18. The van der Waals surface area contributed by atoms with E-state index in [1.54, 1.807) is 4.90 Å². The number of aliphatic hydroxyl groups excluding tert-OH is 1. The van der Waals surface area contributed by atoms with Crippen LogP contribution in [0.2, 0.25) is 0 Å². The number of aliphatic carboxylic acids is 2. The molecule has 2 saturated heterocycles. The molecule has 0 unspecified atom stereocenters. The van der Waals surface area contributed by atoms with Gasteiger partial charge in [-0.25, -0.2) is 9.36 Å². The molecule has 12 N–H and O–H groups in total. The SMILES string of the molecule is N[C@@H]1N[C@@H]2NC[C@H](CNC3CCC(C(=O)N[C@@H](CCC(=O)O)C(=O)O)CC3)N(COP(=O)(O)O)[C@@H]2[C@@H](O)N1. The number of carbonyl (C=O) groups is 3. The number of carboxylic acids is 2. The van der Waals surface area contributed by atoms with Crippen LogP contribution in [0.1, 0.15) is 38.5 Å². The molecule has 0 aromatic heterocycles. The molecule has 2 aliphatic heterocycles. The first-order valence-corrected chi connectivity index (χ1v) is 14.0. The van der Waals surface area contributed by atoms with Gasteiger partial charge in [-0.1, -0.05) is 0 Å². The van der Waals surface area contributed by atoms with Gasteiger partial charge in [-0.2, -0.15) is 0 Å². The summed E-state index contributed by atoms with van der Waals surface area (Å²) in [4.78, 5) is 54.7. The van der Waals surface area contributed by atoms with Gasteiger partial charge >= 0.3 is 19.8 Å². The van der Waals surface area contributed by atoms with Crippen molar-refractivity contribution in [2.45, 2.75) is 81.4 Å². The number of nitrogens with two attached hydrogens (primary N) is 1. The largest absolute Gasteiger partial charge is 0.481 e. The first-order chi connectivity index (χ1) is 17.8. The second-order valence-corrected chi connectivity index (χ2v) is 11.1. The molecule has 1 amide bonds. The molecular formula is C20H38N7O10P. The number of phosphoric acid groups is 1. The summed E-state index contributed by atoms with van der Waals surface area (Å²) in [5.74, 6) is -3.21. The second-order valence-electron chi connectivity index (χ2n) is 9.84. The van der Waals surface area contributed by atoms with Gasteiger partial charge in [0, 0.05) is 37.5 Å². The number of carboxylic acid groups (broad SMARTS) is 2. The van der Waals surface area contributed by atoms with Crippen molar-refractivity contribution >= 4 is 25.7 Å². The fraction of sp³-hybridized carbons (Fsp3) is 0.850. The van der Waals surface area contributed by atoms with Crippen LogP contribution in [0.15, 0.2) is 0 Å². The molecule has 3 aliphatic rings. The van der Waals surface area contributed by atoms with Crippen molar-refractivity contribution in [1.82, 2.24) is 31.5 Å². The van der Waals surface area contributed by atoms with Crippen molar-refractivity contribution in [2.75, 3.05) is 19.8 Å². The summed E-state index contributed by atoms with van der Waals surface area (Å²) in [7, 11) is -4.76. The Bertz CT molecular complexity index is 886. The maximum atomic E-state index is 12.6. The van der Waals surface area contributed by atoms with Crippen molar-refractivity contribution in [1.29, 1.82) is 0 Å². The molecule has 38 heavy (non-hydrogen) atoms. The molecule has 3 fully saturated rings. The minimum atomic E-state index is -4.76. The van der Waals surface area contributed by atoms with Crippen molar-refractivity contribution in [2.24, 2.45) is 11.7 Å². The van der Waals surface area contributed by atoms with Gasteiger partial charge in [0.25, 0.3) is 0 Å². The average Bonchev–Trinajstić information content (AvgIpc) is 2.83. The molecule has 0 aromatic carbocycles. The number of nitrogens with one attached hydrogen (secondary N) is 5. The lowest BCUT2D eigenvalue weighted by atomic mass is 9.85. The highest BCUT2D eigenvalue weighted by Crippen LogP contribution is 2.36. The van der Waals surface area contributed by atoms with Gasteiger partial charge < -0.3 is 41.5 Å². The minimum Gasteiger partial charge on any atom is -0.481 e. The predicted molar refractivity (Wildman–Crippen MR) is 130 cm³/mol. The van der Waals surface area contributed by atoms with Gasteiger partial charge in [0.05, 0.1) is 12.2 Å². The van der Waals surface area contributed by atoms with Crippen LogP contribution in [0.3, 0.4) is 0 Å². The maximum absolute atomic E-state index is 12.6. The number of amides is 1. The molecule has 0 bridgehead atoms. The van der Waals surface area contributed by atoms with Crippen LogP contribution in [0.25, 0.3) is 0 Å². The third kappa shape index (κ3) is 8.89. The Morgan fingerprint density at radius 3 is 2.42 bits per heavy atom. The zero-order chi connectivity index (χ0) is 28.0. The zero-order valence-corrected chi connectivity index (χ0v) is 21.6. The lowest BCUT2D eigenvalue weighted by Gasteiger charge is -2.52. The van der Waals surface area contributed by atoms with Gasteiger partial charge in [0.1, 0.15) is 25.3 Å². The van der Waals surface area contributed by atoms with Gasteiger partial charge in [-0.3, -0.25) is 35.0 Å². The lowest BCUT2D eigenvalue weighted by molar-refractivity contribution is -0.143. The summed E-state index contributed by atoms with van der Waals surface area (Å²) >= 11 is 0. The van der Waals surface area contributed by atoms with Crippen molar-refractivity contribution in [3.8, 4) is 0 Å². The van der Waals surface area contributed by atoms with E-state index >= 15 is 0 Å². The molecule has 0 radical (unpaired) electrons. The standard InChI is InChI=1S/C20H38N7O10P/c21-20-25-16-15(18(31)26-20)27(9-37-38(34,35)36)12(8-23-16)7-22-11-3-1-10(2-4-11)17(30)24-13(19(32)33)5-6-14(28)29/h10-13,15-16,18,20,22-23,25-26,31H,1-9,21H2,(H,24,30)(H,28,29)(H,32,33)(H2,34,35,36)/t10?,11?,12-,13-,15-,16-,18+,20+/m0/s1. The molecule has 18 heteroatoms. The Kier molecular flexibility index (Phi) is 11.0. The summed E-state index contributed by atoms with van der Waals surface area (Å²) in [6.45, 7) is 0.391. The Morgan fingerprint density at radius 1 is 1.13 bits per heavy atom. The molecule has 0 aromatic rings. The molecule has 2 heterocycles. The van der Waals surface area contributed by atoms with E-state index in [0.717, 1.165) is 0 Å². The zero-order valence-electron chi connectivity index (χ0n) is 20.7. The number of nitrogens with zero attached hydrogens (tertiary/aromatic N) is 1. The van der Waals surface area contributed by atoms with Crippen LogP contribution in [0.4, 0.5) is 0 Å². The average molecular weight is 568 g/mol. The summed E-state index contributed by atoms with van der Waals surface area (Å²) in [6, 6.07) is -2.15. The highest BCUT2D eigenvalue weighted by molar-refractivity contribution is 7.46. The Morgan fingerprint density at radius 2 is 1.82 bits per heavy atom. The summed E-state index contributed by atoms with van der Waals surface area (Å²) in [6.07, 6.45) is -0.476. The number of carbonyl (C=O) groups excluding carboxylic acids is 1. The van der Waals surface area contributed by atoms with Crippen molar-refractivity contribution in [3.05, 3.63) is 0 Å². The highest BCUT2D eigenvalue weighted by Gasteiger charge is 2.45. The van der Waals surface area contributed by atoms with Gasteiger partial charge in [-0.15, -0.1) is 0 Å². The van der Waals surface area contributed by atoms with Gasteiger partial charge in [0.15, 0.2) is 0 Å². The summed E-state index contributed by atoms with van der Waals surface area (Å²) in [5, 5.41) is 43.5. The summed E-state index contributed by atoms with van der Waals surface area (Å²) in [5.41, 5.74) is 5.82. The van der Waals surface area contributed by atoms with Crippen LogP contribution in [-0.2, 0) is 23.5 Å². The quantitative estimate of drug-likeness (QED) is 0.102. The van der Waals surface area contributed by atoms with E-state index in [-0.39, 0.29) is 30.8 Å². The van der Waals surface area contributed by atoms with Crippen LogP contribution in [0.5, 0.6) is 0 Å². The Balaban J connectivity index is 1.51. The monoisotopic (exact) mass is 567 g/mol. The van der Waals surface area contributed by atoms with E-state index in [2.05, 4.69) is 26.6 Å². The van der Waals surface area contributed by atoms with Crippen LogP contribution >= 0.6 is 7.82 Å². The third-order valence-electron chi connectivity index (χ3n) is 7.18. The van der Waals surface area contributed by atoms with E-state index in [4.69, 9.17) is 15.4 Å². The topological polar surface area (TPSA) is 268 Å². The van der Waals surface area contributed by atoms with Crippen LogP contribution in [0, 0.1) is 5.92 Å². The van der Waals surface area contributed by atoms with E-state index in [9.17, 15) is 38.9 Å². The number of rotatable bonds is 12. The number of phosphoric ester groups is 1. The van der Waals surface area contributed by atoms with E-state index in [1.165, 1.54) is 0 Å². The number of aliphatic hydroxyl groups is 1. The van der Waals surface area contributed by atoms with Crippen molar-refractivity contribution in [3.63, 3.8) is 0 Å². The second kappa shape index (κ2) is 13.5. The molecule has 1 aliphatic carbocycles. The summed E-state index contributed by atoms with van der Waals surface area (Å²) < 4.78 is 16.1. The van der Waals surface area contributed by atoms with Crippen LogP contribution in [-0.4, -0.2) is 111 Å². The molecule has 3 rings (SSSR count). The number of hydrogen-bond acceptors (Lipinski definition) is 12. The van der Waals surface area contributed by atoms with E-state index in [1.807, 2.05) is 0 Å². The normalized spacial score (nSPS) is 33.2. The maximum Gasteiger partial charge on any atom is 0.470 e. The first kappa shape index (κ1) is 30.8. The molecule has 218 valence electrons. The number of fused-ring (bicyclic) bond motifs is 1. The predicted octanol–water partition coefficient (Wildman–Crippen LogP) is -3.64. The number of piperazine rings is 1. The fourth-order valence-corrected chi connectivity index (χ4v) is 5.46. The van der Waals surface area contributed by atoms with E-state index < -0.39 is 63.2 Å². The Labute approximate surface area is 219 Å². The van der Waals surface area contributed by atoms with Gasteiger partial charge in [-0.05, 0) is 32.1 Å². The Hall–Kier alpha value is -1.76. The molecule has 17 nitrogen and oxygen atoms in total. The van der Waals surface area contributed by atoms with E-state index in [0.29, 0.717) is 38.8 Å². The highest BCUT2D eigenvalue weighted by atomic mass is 31.2.